The second kappa shape index (κ2) is 13.8. The molecule has 1 atom stereocenters. The number of benzene rings is 2. The SMILES string of the molecule is CCCCCN(CCOC(C)=O)C(=O)C(CCC(=O)O)CSc1ccc2ccccc2c1. The predicted molar refractivity (Wildman–Crippen MR) is 128 cm³/mol. The molecular formula is C25H33NO5S. The second-order valence-electron chi connectivity index (χ2n) is 7.82. The van der Waals surface area contributed by atoms with E-state index in [1.165, 1.54) is 6.92 Å². The van der Waals surface area contributed by atoms with Crippen LogP contribution in [0.4, 0.5) is 0 Å². The van der Waals surface area contributed by atoms with Crippen LogP contribution in [-0.2, 0) is 19.1 Å². The van der Waals surface area contributed by atoms with Crippen molar-refractivity contribution in [1.82, 2.24) is 4.90 Å². The maximum Gasteiger partial charge on any atom is 0.303 e. The molecule has 0 spiro atoms. The smallest absolute Gasteiger partial charge is 0.303 e. The van der Waals surface area contributed by atoms with E-state index in [1.54, 1.807) is 16.7 Å². The normalized spacial score (nSPS) is 11.8. The van der Waals surface area contributed by atoms with Crippen LogP contribution in [0.15, 0.2) is 47.4 Å². The minimum atomic E-state index is -0.907. The first kappa shape index (κ1) is 25.7. The van der Waals surface area contributed by atoms with Crippen molar-refractivity contribution < 1.29 is 24.2 Å². The predicted octanol–water partition coefficient (Wildman–Crippen LogP) is 4.99. The lowest BCUT2D eigenvalue weighted by atomic mass is 10.0. The first-order valence-electron chi connectivity index (χ1n) is 11.2. The van der Waals surface area contributed by atoms with Gasteiger partial charge in [-0.15, -0.1) is 11.8 Å². The number of amides is 1. The molecule has 0 aliphatic heterocycles. The highest BCUT2D eigenvalue weighted by atomic mass is 32.2. The van der Waals surface area contributed by atoms with Crippen LogP contribution in [-0.4, -0.2) is 53.3 Å². The quantitative estimate of drug-likeness (QED) is 0.243. The summed E-state index contributed by atoms with van der Waals surface area (Å²) in [5.41, 5.74) is 0. The molecule has 0 heterocycles. The third-order valence-electron chi connectivity index (χ3n) is 5.24. The molecule has 0 fully saturated rings. The molecule has 0 saturated carbocycles. The Kier molecular flexibility index (Phi) is 11.1. The molecule has 2 rings (SSSR count). The Morgan fingerprint density at radius 1 is 1.06 bits per heavy atom. The standard InChI is InChI=1S/C25H33NO5S/c1-3-4-7-14-26(15-16-31-19(2)27)25(30)22(11-13-24(28)29)18-32-23-12-10-20-8-5-6-9-21(20)17-23/h5-6,8-10,12,17,22H,3-4,7,11,13-16,18H2,1-2H3,(H,28,29). The summed E-state index contributed by atoms with van der Waals surface area (Å²) in [5.74, 6) is -1.26. The molecule has 174 valence electrons. The number of carbonyl (C=O) groups is 3. The van der Waals surface area contributed by atoms with Gasteiger partial charge in [0, 0.05) is 36.5 Å². The lowest BCUT2D eigenvalue weighted by molar-refractivity contribution is -0.145. The van der Waals surface area contributed by atoms with E-state index in [1.807, 2.05) is 18.2 Å². The van der Waals surface area contributed by atoms with E-state index < -0.39 is 11.9 Å². The Bertz CT molecular complexity index is 901. The molecule has 2 aromatic rings. The number of esters is 1. The Morgan fingerprint density at radius 3 is 2.50 bits per heavy atom. The monoisotopic (exact) mass is 459 g/mol. The van der Waals surface area contributed by atoms with Gasteiger partial charge in [0.2, 0.25) is 5.91 Å². The number of rotatable bonds is 14. The van der Waals surface area contributed by atoms with Gasteiger partial charge >= 0.3 is 11.9 Å². The molecule has 7 heteroatoms. The van der Waals surface area contributed by atoms with Gasteiger partial charge in [-0.3, -0.25) is 14.4 Å². The number of carboxylic acids is 1. The first-order chi connectivity index (χ1) is 15.4. The van der Waals surface area contributed by atoms with Crippen molar-refractivity contribution in [3.63, 3.8) is 0 Å². The molecule has 32 heavy (non-hydrogen) atoms. The Balaban J connectivity index is 2.09. The van der Waals surface area contributed by atoms with Crippen LogP contribution in [0.5, 0.6) is 0 Å². The second-order valence-corrected chi connectivity index (χ2v) is 8.92. The zero-order valence-electron chi connectivity index (χ0n) is 18.9. The van der Waals surface area contributed by atoms with Gasteiger partial charge in [0.15, 0.2) is 0 Å². The molecule has 0 radical (unpaired) electrons. The molecular weight excluding hydrogens is 426 g/mol. The van der Waals surface area contributed by atoms with E-state index in [-0.39, 0.29) is 31.3 Å². The number of nitrogens with zero attached hydrogens (tertiary/aromatic N) is 1. The van der Waals surface area contributed by atoms with Gasteiger partial charge in [-0.2, -0.15) is 0 Å². The molecule has 0 aliphatic carbocycles. The summed E-state index contributed by atoms with van der Waals surface area (Å²) in [4.78, 5) is 38.4. The van der Waals surface area contributed by atoms with E-state index in [0.717, 1.165) is 34.9 Å². The summed E-state index contributed by atoms with van der Waals surface area (Å²) >= 11 is 1.57. The number of fused-ring (bicyclic) bond motifs is 1. The summed E-state index contributed by atoms with van der Waals surface area (Å²) in [7, 11) is 0. The topological polar surface area (TPSA) is 83.9 Å². The number of carboxylic acid groups (broad SMARTS) is 1. The average molecular weight is 460 g/mol. The van der Waals surface area contributed by atoms with Gasteiger partial charge in [-0.05, 0) is 35.7 Å². The highest BCUT2D eigenvalue weighted by molar-refractivity contribution is 7.99. The minimum Gasteiger partial charge on any atom is -0.481 e. The number of unbranched alkanes of at least 4 members (excludes halogenated alkanes) is 2. The summed E-state index contributed by atoms with van der Waals surface area (Å²) in [6, 6.07) is 14.3. The van der Waals surface area contributed by atoms with Crippen molar-refractivity contribution in [2.75, 3.05) is 25.4 Å². The van der Waals surface area contributed by atoms with E-state index >= 15 is 0 Å². The maximum absolute atomic E-state index is 13.3. The van der Waals surface area contributed by atoms with Crippen LogP contribution in [0.1, 0.15) is 46.0 Å². The molecule has 1 N–H and O–H groups in total. The highest BCUT2D eigenvalue weighted by Gasteiger charge is 2.25. The van der Waals surface area contributed by atoms with Crippen molar-refractivity contribution in [2.24, 2.45) is 5.92 Å². The van der Waals surface area contributed by atoms with Crippen LogP contribution in [0.3, 0.4) is 0 Å². The molecule has 0 saturated heterocycles. The summed E-state index contributed by atoms with van der Waals surface area (Å²) in [6.07, 6.45) is 3.13. The third kappa shape index (κ3) is 8.91. The Morgan fingerprint density at radius 2 is 1.81 bits per heavy atom. The van der Waals surface area contributed by atoms with Gasteiger partial charge in [-0.1, -0.05) is 50.1 Å². The maximum atomic E-state index is 13.3. The fourth-order valence-corrected chi connectivity index (χ4v) is 4.55. The average Bonchev–Trinajstić information content (AvgIpc) is 2.77. The van der Waals surface area contributed by atoms with E-state index in [2.05, 4.69) is 31.2 Å². The largest absolute Gasteiger partial charge is 0.481 e. The fraction of sp³-hybridized carbons (Fsp3) is 0.480. The van der Waals surface area contributed by atoms with E-state index in [0.29, 0.717) is 18.8 Å². The van der Waals surface area contributed by atoms with Crippen LogP contribution in [0.25, 0.3) is 10.8 Å². The van der Waals surface area contributed by atoms with Crippen molar-refractivity contribution in [3.8, 4) is 0 Å². The summed E-state index contributed by atoms with van der Waals surface area (Å²) in [6.45, 7) is 4.50. The van der Waals surface area contributed by atoms with Crippen molar-refractivity contribution >= 4 is 40.4 Å². The van der Waals surface area contributed by atoms with Crippen molar-refractivity contribution in [1.29, 1.82) is 0 Å². The van der Waals surface area contributed by atoms with Gasteiger partial charge in [0.1, 0.15) is 6.61 Å². The number of carbonyl (C=O) groups excluding carboxylic acids is 2. The summed E-state index contributed by atoms with van der Waals surface area (Å²) < 4.78 is 5.04. The molecule has 0 aliphatic rings. The van der Waals surface area contributed by atoms with Crippen molar-refractivity contribution in [2.45, 2.75) is 50.8 Å². The van der Waals surface area contributed by atoms with Crippen LogP contribution in [0.2, 0.25) is 0 Å². The van der Waals surface area contributed by atoms with Gasteiger partial charge in [0.25, 0.3) is 0 Å². The van der Waals surface area contributed by atoms with Gasteiger partial charge in [0.05, 0.1) is 6.54 Å². The van der Waals surface area contributed by atoms with Gasteiger partial charge < -0.3 is 14.7 Å². The minimum absolute atomic E-state index is 0.0541. The van der Waals surface area contributed by atoms with Crippen LogP contribution >= 0.6 is 11.8 Å². The molecule has 1 amide bonds. The molecule has 6 nitrogen and oxygen atoms in total. The van der Waals surface area contributed by atoms with Crippen molar-refractivity contribution in [3.05, 3.63) is 42.5 Å². The van der Waals surface area contributed by atoms with Crippen LogP contribution in [0, 0.1) is 5.92 Å². The fourth-order valence-electron chi connectivity index (χ4n) is 3.47. The van der Waals surface area contributed by atoms with Crippen LogP contribution < -0.4 is 0 Å². The lowest BCUT2D eigenvalue weighted by Crippen LogP contribution is -2.40. The number of hydrogen-bond donors (Lipinski definition) is 1. The van der Waals surface area contributed by atoms with Gasteiger partial charge in [-0.25, -0.2) is 0 Å². The number of thioether (sulfide) groups is 1. The first-order valence-corrected chi connectivity index (χ1v) is 12.1. The molecule has 0 aromatic heterocycles. The van der Waals surface area contributed by atoms with E-state index in [4.69, 9.17) is 4.74 Å². The zero-order chi connectivity index (χ0) is 23.3. The summed E-state index contributed by atoms with van der Waals surface area (Å²) in [5, 5.41) is 11.5. The third-order valence-corrected chi connectivity index (χ3v) is 6.39. The Labute approximate surface area is 194 Å². The zero-order valence-corrected chi connectivity index (χ0v) is 19.7. The lowest BCUT2D eigenvalue weighted by Gasteiger charge is -2.27. The Hall–Kier alpha value is -2.54. The molecule has 2 aromatic carbocycles. The molecule has 1 unspecified atom stereocenters. The number of aliphatic carboxylic acids is 1. The molecule has 0 bridgehead atoms. The highest BCUT2D eigenvalue weighted by Crippen LogP contribution is 2.27. The van der Waals surface area contributed by atoms with E-state index in [9.17, 15) is 19.5 Å². The number of ether oxygens (including phenoxy) is 1. The number of hydrogen-bond acceptors (Lipinski definition) is 5.